The first-order valence-corrected chi connectivity index (χ1v) is 6.36. The van der Waals surface area contributed by atoms with Crippen LogP contribution < -0.4 is 0 Å². The van der Waals surface area contributed by atoms with Crippen LogP contribution in [0.25, 0.3) is 22.2 Å². The molecule has 3 nitrogen and oxygen atoms in total. The van der Waals surface area contributed by atoms with Crippen molar-refractivity contribution in [3.8, 4) is 11.1 Å². The molecule has 3 rings (SSSR count). The molecule has 0 aliphatic carbocycles. The lowest BCUT2D eigenvalue weighted by molar-refractivity contribution is 0.112. The lowest BCUT2D eigenvalue weighted by Crippen LogP contribution is -1.85. The molecule has 0 saturated carbocycles. The average Bonchev–Trinajstić information content (AvgIpc) is 2.76. The van der Waals surface area contributed by atoms with Gasteiger partial charge in [-0.2, -0.15) is 0 Å². The number of hydrogen-bond donors (Lipinski definition) is 1. The Kier molecular flexibility index (Phi) is 2.91. The van der Waals surface area contributed by atoms with Crippen molar-refractivity contribution in [3.05, 3.63) is 52.5 Å². The molecule has 2 heterocycles. The Labute approximate surface area is 116 Å². The van der Waals surface area contributed by atoms with Crippen LogP contribution in [0.4, 0.5) is 4.39 Å². The highest BCUT2D eigenvalue weighted by molar-refractivity contribution is 9.10. The zero-order chi connectivity index (χ0) is 13.4. The van der Waals surface area contributed by atoms with Gasteiger partial charge in [0.25, 0.3) is 0 Å². The van der Waals surface area contributed by atoms with Gasteiger partial charge in [-0.25, -0.2) is 9.37 Å². The standard InChI is InChI=1S/C14H8BrFN2O/c15-9-5-11-13(8-2-1-3-10(16)4-8)12(7-19)18-14(11)17-6-9/h1-7H,(H,17,18). The fourth-order valence-corrected chi connectivity index (χ4v) is 2.44. The van der Waals surface area contributed by atoms with E-state index < -0.39 is 0 Å². The number of pyridine rings is 1. The van der Waals surface area contributed by atoms with E-state index in [1.54, 1.807) is 18.3 Å². The molecule has 0 unspecified atom stereocenters. The summed E-state index contributed by atoms with van der Waals surface area (Å²) < 4.78 is 14.2. The number of fused-ring (bicyclic) bond motifs is 1. The van der Waals surface area contributed by atoms with Gasteiger partial charge in [-0.3, -0.25) is 4.79 Å². The van der Waals surface area contributed by atoms with Gasteiger partial charge in [-0.1, -0.05) is 12.1 Å². The van der Waals surface area contributed by atoms with E-state index in [1.165, 1.54) is 12.1 Å². The van der Waals surface area contributed by atoms with E-state index in [1.807, 2.05) is 6.07 Å². The molecule has 5 heteroatoms. The zero-order valence-electron chi connectivity index (χ0n) is 9.65. The van der Waals surface area contributed by atoms with Crippen LogP contribution >= 0.6 is 15.9 Å². The van der Waals surface area contributed by atoms with E-state index in [2.05, 4.69) is 25.9 Å². The Morgan fingerprint density at radius 1 is 1.32 bits per heavy atom. The van der Waals surface area contributed by atoms with Crippen LogP contribution in [0, 0.1) is 5.82 Å². The van der Waals surface area contributed by atoms with Gasteiger partial charge in [0.2, 0.25) is 0 Å². The third kappa shape index (κ3) is 2.06. The molecule has 0 atom stereocenters. The maximum Gasteiger partial charge on any atom is 0.166 e. The predicted octanol–water partition coefficient (Wildman–Crippen LogP) is 3.94. The molecule has 1 N–H and O–H groups in total. The average molecular weight is 319 g/mol. The van der Waals surface area contributed by atoms with Crippen molar-refractivity contribution in [1.82, 2.24) is 9.97 Å². The van der Waals surface area contributed by atoms with E-state index in [9.17, 15) is 9.18 Å². The molecule has 0 aliphatic rings. The monoisotopic (exact) mass is 318 g/mol. The van der Waals surface area contributed by atoms with Crippen LogP contribution in [-0.2, 0) is 0 Å². The summed E-state index contributed by atoms with van der Waals surface area (Å²) in [6.07, 6.45) is 2.36. The van der Waals surface area contributed by atoms with Gasteiger partial charge in [-0.15, -0.1) is 0 Å². The minimum Gasteiger partial charge on any atom is -0.337 e. The quantitative estimate of drug-likeness (QED) is 0.727. The van der Waals surface area contributed by atoms with Gasteiger partial charge in [0.1, 0.15) is 11.5 Å². The van der Waals surface area contributed by atoms with E-state index in [4.69, 9.17) is 0 Å². The van der Waals surface area contributed by atoms with Gasteiger partial charge in [0.15, 0.2) is 6.29 Å². The summed E-state index contributed by atoms with van der Waals surface area (Å²) in [5.41, 5.74) is 2.31. The van der Waals surface area contributed by atoms with Crippen molar-refractivity contribution in [2.75, 3.05) is 0 Å². The van der Waals surface area contributed by atoms with Gasteiger partial charge in [-0.05, 0) is 39.7 Å². The van der Waals surface area contributed by atoms with Crippen molar-refractivity contribution in [2.24, 2.45) is 0 Å². The molecule has 0 saturated heterocycles. The van der Waals surface area contributed by atoms with Crippen molar-refractivity contribution in [1.29, 1.82) is 0 Å². The third-order valence-electron chi connectivity index (χ3n) is 2.88. The molecular weight excluding hydrogens is 311 g/mol. The summed E-state index contributed by atoms with van der Waals surface area (Å²) in [6.45, 7) is 0. The third-order valence-corrected chi connectivity index (χ3v) is 3.31. The first-order chi connectivity index (χ1) is 9.19. The summed E-state index contributed by atoms with van der Waals surface area (Å²) in [7, 11) is 0. The highest BCUT2D eigenvalue weighted by Gasteiger charge is 2.14. The Morgan fingerprint density at radius 3 is 2.89 bits per heavy atom. The minimum absolute atomic E-state index is 0.341. The first kappa shape index (κ1) is 12.0. The number of carbonyl (C=O) groups excluding carboxylic acids is 1. The van der Waals surface area contributed by atoms with E-state index in [0.29, 0.717) is 22.5 Å². The number of rotatable bonds is 2. The molecule has 0 radical (unpaired) electrons. The topological polar surface area (TPSA) is 45.8 Å². The van der Waals surface area contributed by atoms with E-state index in [-0.39, 0.29) is 5.82 Å². The number of aldehydes is 1. The largest absolute Gasteiger partial charge is 0.337 e. The maximum absolute atomic E-state index is 13.4. The molecule has 0 amide bonds. The Bertz CT molecular complexity index is 782. The molecule has 3 aromatic rings. The van der Waals surface area contributed by atoms with Crippen LogP contribution in [0.1, 0.15) is 10.5 Å². The van der Waals surface area contributed by atoms with Crippen molar-refractivity contribution in [3.63, 3.8) is 0 Å². The second-order valence-electron chi connectivity index (χ2n) is 4.09. The number of halogens is 2. The van der Waals surface area contributed by atoms with E-state index in [0.717, 1.165) is 16.1 Å². The van der Waals surface area contributed by atoms with E-state index >= 15 is 0 Å². The zero-order valence-corrected chi connectivity index (χ0v) is 11.2. The molecule has 19 heavy (non-hydrogen) atoms. The number of H-pyrrole nitrogens is 1. The van der Waals surface area contributed by atoms with Crippen LogP contribution in [0.5, 0.6) is 0 Å². The summed E-state index contributed by atoms with van der Waals surface area (Å²) in [6, 6.07) is 8.00. The fraction of sp³-hybridized carbons (Fsp3) is 0. The fourth-order valence-electron chi connectivity index (χ4n) is 2.11. The Balaban J connectivity index is 2.37. The Morgan fingerprint density at radius 2 is 2.16 bits per heavy atom. The normalized spacial score (nSPS) is 10.8. The minimum atomic E-state index is -0.341. The number of nitrogens with one attached hydrogen (secondary N) is 1. The number of hydrogen-bond acceptors (Lipinski definition) is 2. The molecule has 0 fully saturated rings. The molecular formula is C14H8BrFN2O. The van der Waals surface area contributed by atoms with Crippen molar-refractivity contribution >= 4 is 33.2 Å². The molecule has 94 valence electrons. The maximum atomic E-state index is 13.4. The van der Waals surface area contributed by atoms with Gasteiger partial charge in [0.05, 0.1) is 5.69 Å². The number of benzene rings is 1. The molecule has 0 bridgehead atoms. The second-order valence-corrected chi connectivity index (χ2v) is 5.01. The van der Waals surface area contributed by atoms with Crippen LogP contribution in [-0.4, -0.2) is 16.3 Å². The molecule has 0 spiro atoms. The first-order valence-electron chi connectivity index (χ1n) is 5.57. The van der Waals surface area contributed by atoms with Gasteiger partial charge < -0.3 is 4.98 Å². The molecule has 2 aromatic heterocycles. The molecule has 1 aromatic carbocycles. The van der Waals surface area contributed by atoms with Crippen LogP contribution in [0.15, 0.2) is 41.0 Å². The summed E-state index contributed by atoms with van der Waals surface area (Å²) in [5, 5.41) is 0.780. The summed E-state index contributed by atoms with van der Waals surface area (Å²) in [5.74, 6) is -0.341. The van der Waals surface area contributed by atoms with Crippen LogP contribution in [0.2, 0.25) is 0 Å². The van der Waals surface area contributed by atoms with Gasteiger partial charge in [0, 0.05) is 21.6 Å². The highest BCUT2D eigenvalue weighted by atomic mass is 79.9. The predicted molar refractivity (Wildman–Crippen MR) is 74.6 cm³/mol. The van der Waals surface area contributed by atoms with Gasteiger partial charge >= 0.3 is 0 Å². The highest BCUT2D eigenvalue weighted by Crippen LogP contribution is 2.32. The SMILES string of the molecule is O=Cc1[nH]c2ncc(Br)cc2c1-c1cccc(F)c1. The summed E-state index contributed by atoms with van der Waals surface area (Å²) >= 11 is 3.35. The lowest BCUT2D eigenvalue weighted by Gasteiger charge is -2.01. The number of aromatic nitrogens is 2. The number of aromatic amines is 1. The lowest BCUT2D eigenvalue weighted by atomic mass is 10.0. The molecule has 0 aliphatic heterocycles. The van der Waals surface area contributed by atoms with Crippen molar-refractivity contribution in [2.45, 2.75) is 0 Å². The smallest absolute Gasteiger partial charge is 0.166 e. The Hall–Kier alpha value is -2.01. The van der Waals surface area contributed by atoms with Crippen molar-refractivity contribution < 1.29 is 9.18 Å². The number of nitrogens with zero attached hydrogens (tertiary/aromatic N) is 1. The number of carbonyl (C=O) groups is 1. The second kappa shape index (κ2) is 4.59. The summed E-state index contributed by atoms with van der Waals surface area (Å²) in [4.78, 5) is 18.3. The van der Waals surface area contributed by atoms with Crippen LogP contribution in [0.3, 0.4) is 0 Å².